The maximum Gasteiger partial charge on any atom is 0.303 e. The van der Waals surface area contributed by atoms with Crippen LogP contribution in [-0.2, 0) is 4.79 Å². The smallest absolute Gasteiger partial charge is 0.303 e. The van der Waals surface area contributed by atoms with Crippen LogP contribution in [0.3, 0.4) is 0 Å². The average Bonchev–Trinajstić information content (AvgIpc) is 2.95. The first kappa shape index (κ1) is 23.8. The van der Waals surface area contributed by atoms with Gasteiger partial charge >= 0.3 is 5.97 Å². The molecule has 4 heteroatoms. The van der Waals surface area contributed by atoms with Gasteiger partial charge in [-0.3, -0.25) is 4.79 Å². The van der Waals surface area contributed by atoms with Gasteiger partial charge in [0.25, 0.3) is 0 Å². The first-order valence-corrected chi connectivity index (χ1v) is 12.1. The van der Waals surface area contributed by atoms with Crippen molar-refractivity contribution in [1.82, 2.24) is 0 Å². The molecule has 0 aromatic rings. The minimum absolute atomic E-state index is 0.115. The van der Waals surface area contributed by atoms with Crippen molar-refractivity contribution in [2.24, 2.45) is 11.8 Å². The Hall–Kier alpha value is -0.220. The number of aliphatic hydroxyl groups is 1. The van der Waals surface area contributed by atoms with Crippen LogP contribution in [0.25, 0.3) is 0 Å². The van der Waals surface area contributed by atoms with E-state index in [0.29, 0.717) is 17.6 Å². The van der Waals surface area contributed by atoms with Gasteiger partial charge in [-0.15, -0.1) is 0 Å². The monoisotopic (exact) mass is 386 g/mol. The Balaban J connectivity index is 2.14. The van der Waals surface area contributed by atoms with Crippen molar-refractivity contribution >= 4 is 17.7 Å². The molecule has 154 valence electrons. The fraction of sp³-hybridized carbons (Fsp3) is 0.955. The molecule has 0 bridgehead atoms. The van der Waals surface area contributed by atoms with E-state index in [1.54, 1.807) is 0 Å². The van der Waals surface area contributed by atoms with Gasteiger partial charge in [0, 0.05) is 11.7 Å². The molecule has 4 atom stereocenters. The molecule has 3 nitrogen and oxygen atoms in total. The molecule has 0 amide bonds. The van der Waals surface area contributed by atoms with Crippen molar-refractivity contribution < 1.29 is 15.0 Å². The van der Waals surface area contributed by atoms with Crippen molar-refractivity contribution in [1.29, 1.82) is 0 Å². The van der Waals surface area contributed by atoms with Crippen LogP contribution in [0, 0.1) is 11.8 Å². The number of carboxylic acids is 1. The standard InChI is InChI=1S/C22H42O3S/c1-3-4-5-6-9-12-18(2)17-26-21-16-15-20(23)19(21)13-10-7-8-11-14-22(24)25/h18-21,23H,3-17H2,1-2H3,(H,24,25). The summed E-state index contributed by atoms with van der Waals surface area (Å²) in [6, 6.07) is 0. The fourth-order valence-corrected chi connectivity index (χ4v) is 5.68. The Kier molecular flexibility index (Phi) is 13.5. The Morgan fingerprint density at radius 1 is 1.04 bits per heavy atom. The summed E-state index contributed by atoms with van der Waals surface area (Å²) in [4.78, 5) is 10.5. The quantitative estimate of drug-likeness (QED) is 0.306. The molecule has 4 unspecified atom stereocenters. The van der Waals surface area contributed by atoms with E-state index in [-0.39, 0.29) is 6.10 Å². The van der Waals surface area contributed by atoms with E-state index in [4.69, 9.17) is 5.11 Å². The zero-order valence-electron chi connectivity index (χ0n) is 17.1. The summed E-state index contributed by atoms with van der Waals surface area (Å²) >= 11 is 2.11. The number of aliphatic carboxylic acids is 1. The van der Waals surface area contributed by atoms with Crippen LogP contribution in [0.2, 0.25) is 0 Å². The van der Waals surface area contributed by atoms with E-state index in [2.05, 4.69) is 25.6 Å². The molecule has 0 heterocycles. The van der Waals surface area contributed by atoms with Crippen LogP contribution >= 0.6 is 11.8 Å². The topological polar surface area (TPSA) is 57.5 Å². The third kappa shape index (κ3) is 10.8. The molecule has 0 aromatic carbocycles. The van der Waals surface area contributed by atoms with Crippen molar-refractivity contribution in [3.63, 3.8) is 0 Å². The first-order chi connectivity index (χ1) is 12.5. The summed E-state index contributed by atoms with van der Waals surface area (Å²) in [7, 11) is 0. The first-order valence-electron chi connectivity index (χ1n) is 11.1. The highest BCUT2D eigenvalue weighted by Gasteiger charge is 2.34. The maximum absolute atomic E-state index is 10.5. The van der Waals surface area contributed by atoms with E-state index in [9.17, 15) is 9.90 Å². The molecule has 1 saturated carbocycles. The van der Waals surface area contributed by atoms with Crippen LogP contribution in [0.15, 0.2) is 0 Å². The van der Waals surface area contributed by atoms with Gasteiger partial charge in [-0.25, -0.2) is 0 Å². The van der Waals surface area contributed by atoms with Crippen LogP contribution in [0.1, 0.15) is 104 Å². The number of unbranched alkanes of at least 4 members (excludes halogenated alkanes) is 7. The second-order valence-corrected chi connectivity index (χ2v) is 9.61. The molecule has 0 radical (unpaired) electrons. The summed E-state index contributed by atoms with van der Waals surface area (Å²) in [5, 5.41) is 19.6. The highest BCUT2D eigenvalue weighted by Crippen LogP contribution is 2.39. The van der Waals surface area contributed by atoms with Crippen molar-refractivity contribution in [3.8, 4) is 0 Å². The lowest BCUT2D eigenvalue weighted by atomic mass is 9.97. The number of thioether (sulfide) groups is 1. The van der Waals surface area contributed by atoms with Gasteiger partial charge in [-0.1, -0.05) is 65.2 Å². The lowest BCUT2D eigenvalue weighted by molar-refractivity contribution is -0.137. The zero-order valence-corrected chi connectivity index (χ0v) is 17.9. The van der Waals surface area contributed by atoms with Gasteiger partial charge in [0.1, 0.15) is 0 Å². The summed E-state index contributed by atoms with van der Waals surface area (Å²) < 4.78 is 0. The molecule has 2 N–H and O–H groups in total. The largest absolute Gasteiger partial charge is 0.481 e. The molecular weight excluding hydrogens is 344 g/mol. The van der Waals surface area contributed by atoms with E-state index in [0.717, 1.165) is 44.4 Å². The second kappa shape index (κ2) is 14.8. The molecule has 1 fully saturated rings. The summed E-state index contributed by atoms with van der Waals surface area (Å²) in [5.41, 5.74) is 0. The maximum atomic E-state index is 10.5. The van der Waals surface area contributed by atoms with Gasteiger partial charge in [0.2, 0.25) is 0 Å². The Morgan fingerprint density at radius 3 is 2.46 bits per heavy atom. The van der Waals surface area contributed by atoms with Gasteiger partial charge in [-0.2, -0.15) is 11.8 Å². The molecular formula is C22H42O3S. The minimum atomic E-state index is -0.688. The van der Waals surface area contributed by atoms with E-state index < -0.39 is 5.97 Å². The summed E-state index contributed by atoms with van der Waals surface area (Å²) in [6.07, 6.45) is 15.6. The van der Waals surface area contributed by atoms with Gasteiger partial charge in [0.05, 0.1) is 6.10 Å². The molecule has 0 spiro atoms. The molecule has 1 rings (SSSR count). The lowest BCUT2D eigenvalue weighted by Crippen LogP contribution is -2.21. The Bertz CT molecular complexity index is 361. The van der Waals surface area contributed by atoms with Crippen LogP contribution in [0.4, 0.5) is 0 Å². The summed E-state index contributed by atoms with van der Waals surface area (Å²) in [5.74, 6) is 1.79. The normalized spacial score (nSPS) is 24.0. The van der Waals surface area contributed by atoms with E-state index >= 15 is 0 Å². The number of rotatable bonds is 16. The van der Waals surface area contributed by atoms with Crippen molar-refractivity contribution in [3.05, 3.63) is 0 Å². The van der Waals surface area contributed by atoms with Crippen molar-refractivity contribution in [2.45, 2.75) is 115 Å². The van der Waals surface area contributed by atoms with Crippen LogP contribution < -0.4 is 0 Å². The molecule has 1 aliphatic rings. The van der Waals surface area contributed by atoms with E-state index in [1.807, 2.05) is 0 Å². The lowest BCUT2D eigenvalue weighted by Gasteiger charge is -2.23. The second-order valence-electron chi connectivity index (χ2n) is 8.34. The van der Waals surface area contributed by atoms with Gasteiger partial charge < -0.3 is 10.2 Å². The predicted molar refractivity (Wildman–Crippen MR) is 113 cm³/mol. The number of carboxylic acid groups (broad SMARTS) is 1. The minimum Gasteiger partial charge on any atom is -0.481 e. The number of hydrogen-bond acceptors (Lipinski definition) is 3. The third-order valence-electron chi connectivity index (χ3n) is 5.79. The molecule has 0 saturated heterocycles. The van der Waals surface area contributed by atoms with Crippen LogP contribution in [0.5, 0.6) is 0 Å². The zero-order chi connectivity index (χ0) is 19.2. The molecule has 1 aliphatic carbocycles. The van der Waals surface area contributed by atoms with Gasteiger partial charge in [0.15, 0.2) is 0 Å². The average molecular weight is 387 g/mol. The molecule has 26 heavy (non-hydrogen) atoms. The third-order valence-corrected chi connectivity index (χ3v) is 7.57. The number of hydrogen-bond donors (Lipinski definition) is 2. The van der Waals surface area contributed by atoms with Crippen LogP contribution in [-0.4, -0.2) is 33.3 Å². The van der Waals surface area contributed by atoms with E-state index in [1.165, 1.54) is 50.7 Å². The molecule has 0 aromatic heterocycles. The Morgan fingerprint density at radius 2 is 1.73 bits per heavy atom. The number of carbonyl (C=O) groups is 1. The highest BCUT2D eigenvalue weighted by molar-refractivity contribution is 7.99. The predicted octanol–water partition coefficient (Wildman–Crippen LogP) is 6.28. The SMILES string of the molecule is CCCCCCCC(C)CSC1CCC(O)C1CCCCCCC(=O)O. The van der Waals surface area contributed by atoms with Gasteiger partial charge in [-0.05, 0) is 49.7 Å². The molecule has 0 aliphatic heterocycles. The number of aliphatic hydroxyl groups excluding tert-OH is 1. The highest BCUT2D eigenvalue weighted by atomic mass is 32.2. The Labute approximate surface area is 165 Å². The summed E-state index contributed by atoms with van der Waals surface area (Å²) in [6.45, 7) is 4.65. The van der Waals surface area contributed by atoms with Crippen molar-refractivity contribution in [2.75, 3.05) is 5.75 Å². The fourth-order valence-electron chi connectivity index (χ4n) is 4.07.